The average Bonchev–Trinajstić information content (AvgIpc) is 2.62. The van der Waals surface area contributed by atoms with Gasteiger partial charge in [0.2, 0.25) is 0 Å². The molecule has 3 rings (SSSR count). The van der Waals surface area contributed by atoms with E-state index in [2.05, 4.69) is 17.1 Å². The van der Waals surface area contributed by atoms with Crippen molar-refractivity contribution in [2.75, 3.05) is 18.4 Å². The molecule has 1 N–H and O–H groups in total. The highest BCUT2D eigenvalue weighted by molar-refractivity contribution is 6.44. The van der Waals surface area contributed by atoms with Crippen LogP contribution in [0, 0.1) is 5.92 Å². The summed E-state index contributed by atoms with van der Waals surface area (Å²) in [6, 6.07) is 10.7. The average molecular weight is 412 g/mol. The zero-order valence-electron chi connectivity index (χ0n) is 14.6. The molecule has 0 aliphatic carbocycles. The number of rotatable bonds is 4. The minimum atomic E-state index is -0.233. The molecule has 26 heavy (non-hydrogen) atoms. The van der Waals surface area contributed by atoms with Crippen molar-refractivity contribution in [3.8, 4) is 0 Å². The van der Waals surface area contributed by atoms with Gasteiger partial charge in [-0.05, 0) is 61.7 Å². The Morgan fingerprint density at radius 2 is 1.65 bits per heavy atom. The summed E-state index contributed by atoms with van der Waals surface area (Å²) < 4.78 is 0. The molecule has 3 nitrogen and oxygen atoms in total. The van der Waals surface area contributed by atoms with Gasteiger partial charge in [-0.3, -0.25) is 9.69 Å². The lowest BCUT2D eigenvalue weighted by molar-refractivity contribution is 0.102. The predicted molar refractivity (Wildman–Crippen MR) is 110 cm³/mol. The van der Waals surface area contributed by atoms with Crippen LogP contribution in [0.5, 0.6) is 0 Å². The van der Waals surface area contributed by atoms with E-state index in [1.807, 2.05) is 24.3 Å². The molecule has 1 aliphatic rings. The molecule has 0 unspecified atom stereocenters. The van der Waals surface area contributed by atoms with Gasteiger partial charge in [0.25, 0.3) is 5.91 Å². The van der Waals surface area contributed by atoms with Crippen LogP contribution in [0.1, 0.15) is 35.7 Å². The zero-order chi connectivity index (χ0) is 18.7. The quantitative estimate of drug-likeness (QED) is 0.614. The van der Waals surface area contributed by atoms with E-state index < -0.39 is 0 Å². The van der Waals surface area contributed by atoms with Gasteiger partial charge < -0.3 is 5.32 Å². The van der Waals surface area contributed by atoms with Crippen LogP contribution in [0.2, 0.25) is 15.1 Å². The Hall–Kier alpha value is -1.26. The number of likely N-dealkylation sites (tertiary alicyclic amines) is 1. The SMILES string of the molecule is CC1CCN(Cc2ccc(C(=O)Nc3cc(Cl)c(Cl)cc3Cl)cc2)CC1. The fourth-order valence-electron chi connectivity index (χ4n) is 3.05. The van der Waals surface area contributed by atoms with E-state index in [4.69, 9.17) is 34.8 Å². The van der Waals surface area contributed by atoms with Crippen LogP contribution in [0.4, 0.5) is 5.69 Å². The maximum Gasteiger partial charge on any atom is 0.255 e. The molecule has 2 aromatic carbocycles. The van der Waals surface area contributed by atoms with Gasteiger partial charge >= 0.3 is 0 Å². The topological polar surface area (TPSA) is 32.3 Å². The molecule has 1 fully saturated rings. The van der Waals surface area contributed by atoms with Crippen molar-refractivity contribution in [3.63, 3.8) is 0 Å². The molecule has 0 aromatic heterocycles. The first-order valence-electron chi connectivity index (χ1n) is 8.69. The predicted octanol–water partition coefficient (Wildman–Crippen LogP) is 6.13. The van der Waals surface area contributed by atoms with Crippen LogP contribution in [0.25, 0.3) is 0 Å². The molecular weight excluding hydrogens is 391 g/mol. The van der Waals surface area contributed by atoms with Gasteiger partial charge in [0, 0.05) is 12.1 Å². The van der Waals surface area contributed by atoms with Crippen molar-refractivity contribution in [3.05, 3.63) is 62.6 Å². The number of amides is 1. The standard InChI is InChI=1S/C20H21Cl3N2O/c1-13-6-8-25(9-7-13)12-14-2-4-15(5-3-14)20(26)24-19-11-17(22)16(21)10-18(19)23/h2-5,10-11,13H,6-9,12H2,1H3,(H,24,26). The summed E-state index contributed by atoms with van der Waals surface area (Å²) in [6.45, 7) is 5.51. The fourth-order valence-corrected chi connectivity index (χ4v) is 3.65. The van der Waals surface area contributed by atoms with Gasteiger partial charge in [-0.2, -0.15) is 0 Å². The second kappa shape index (κ2) is 8.62. The summed E-state index contributed by atoms with van der Waals surface area (Å²) in [5.74, 6) is 0.592. The van der Waals surface area contributed by atoms with Crippen molar-refractivity contribution < 1.29 is 4.79 Å². The van der Waals surface area contributed by atoms with Crippen molar-refractivity contribution >= 4 is 46.4 Å². The van der Waals surface area contributed by atoms with Gasteiger partial charge in [0.05, 0.1) is 20.8 Å². The van der Waals surface area contributed by atoms with Gasteiger partial charge in [-0.1, -0.05) is 53.9 Å². The lowest BCUT2D eigenvalue weighted by atomic mass is 9.99. The zero-order valence-corrected chi connectivity index (χ0v) is 16.8. The van der Waals surface area contributed by atoms with Crippen molar-refractivity contribution in [2.24, 2.45) is 5.92 Å². The molecule has 138 valence electrons. The first kappa shape index (κ1) is 19.5. The summed E-state index contributed by atoms with van der Waals surface area (Å²) in [4.78, 5) is 14.9. The normalized spacial score (nSPS) is 15.8. The maximum atomic E-state index is 12.4. The van der Waals surface area contributed by atoms with Crippen molar-refractivity contribution in [2.45, 2.75) is 26.3 Å². The Labute approximate surface area is 169 Å². The van der Waals surface area contributed by atoms with Crippen LogP contribution in [0.3, 0.4) is 0 Å². The van der Waals surface area contributed by atoms with E-state index in [9.17, 15) is 4.79 Å². The molecule has 1 heterocycles. The largest absolute Gasteiger partial charge is 0.321 e. The monoisotopic (exact) mass is 410 g/mol. The molecular formula is C20H21Cl3N2O. The Balaban J connectivity index is 1.63. The smallest absolute Gasteiger partial charge is 0.255 e. The lowest BCUT2D eigenvalue weighted by Gasteiger charge is -2.30. The summed E-state index contributed by atoms with van der Waals surface area (Å²) in [5.41, 5.74) is 2.23. The Kier molecular flexibility index (Phi) is 6.46. The van der Waals surface area contributed by atoms with E-state index in [0.717, 1.165) is 25.6 Å². The molecule has 0 atom stereocenters. The summed E-state index contributed by atoms with van der Waals surface area (Å²) >= 11 is 18.0. The highest BCUT2D eigenvalue weighted by Crippen LogP contribution is 2.32. The van der Waals surface area contributed by atoms with E-state index in [-0.39, 0.29) is 5.91 Å². The van der Waals surface area contributed by atoms with Crippen LogP contribution < -0.4 is 5.32 Å². The van der Waals surface area contributed by atoms with E-state index in [1.165, 1.54) is 24.5 Å². The molecule has 0 spiro atoms. The number of halogens is 3. The Morgan fingerprint density at radius 3 is 2.31 bits per heavy atom. The van der Waals surface area contributed by atoms with Crippen molar-refractivity contribution in [1.29, 1.82) is 0 Å². The third-order valence-corrected chi connectivity index (χ3v) is 5.79. The summed E-state index contributed by atoms with van der Waals surface area (Å²) in [6.07, 6.45) is 2.51. The molecule has 6 heteroatoms. The molecule has 1 amide bonds. The number of nitrogens with one attached hydrogen (secondary N) is 1. The highest BCUT2D eigenvalue weighted by Gasteiger charge is 2.16. The minimum absolute atomic E-state index is 0.233. The van der Waals surface area contributed by atoms with Crippen molar-refractivity contribution in [1.82, 2.24) is 4.90 Å². The number of piperidine rings is 1. The third kappa shape index (κ3) is 4.92. The van der Waals surface area contributed by atoms with Crippen LogP contribution in [-0.2, 0) is 6.54 Å². The second-order valence-electron chi connectivity index (χ2n) is 6.86. The second-order valence-corrected chi connectivity index (χ2v) is 8.08. The molecule has 0 radical (unpaired) electrons. The molecule has 1 saturated heterocycles. The van der Waals surface area contributed by atoms with Crippen LogP contribution >= 0.6 is 34.8 Å². The number of anilines is 1. The first-order chi connectivity index (χ1) is 12.4. The number of carbonyl (C=O) groups is 1. The van der Waals surface area contributed by atoms with E-state index in [1.54, 1.807) is 6.07 Å². The summed E-state index contributed by atoms with van der Waals surface area (Å²) in [5, 5.41) is 3.82. The molecule has 0 saturated carbocycles. The fraction of sp³-hybridized carbons (Fsp3) is 0.350. The van der Waals surface area contributed by atoms with E-state index >= 15 is 0 Å². The van der Waals surface area contributed by atoms with Crippen LogP contribution in [0.15, 0.2) is 36.4 Å². The third-order valence-electron chi connectivity index (χ3n) is 4.76. The highest BCUT2D eigenvalue weighted by atomic mass is 35.5. The number of nitrogens with zero attached hydrogens (tertiary/aromatic N) is 1. The minimum Gasteiger partial charge on any atom is -0.321 e. The number of hydrogen-bond acceptors (Lipinski definition) is 2. The van der Waals surface area contributed by atoms with Gasteiger partial charge in [0.1, 0.15) is 0 Å². The summed E-state index contributed by atoms with van der Waals surface area (Å²) in [7, 11) is 0. The number of benzene rings is 2. The molecule has 0 bridgehead atoms. The van der Waals surface area contributed by atoms with E-state index in [0.29, 0.717) is 26.3 Å². The maximum absolute atomic E-state index is 12.4. The van der Waals surface area contributed by atoms with Gasteiger partial charge in [0.15, 0.2) is 0 Å². The van der Waals surface area contributed by atoms with Gasteiger partial charge in [-0.15, -0.1) is 0 Å². The van der Waals surface area contributed by atoms with Crippen LogP contribution in [-0.4, -0.2) is 23.9 Å². The Bertz CT molecular complexity index is 784. The molecule has 2 aromatic rings. The first-order valence-corrected chi connectivity index (χ1v) is 9.83. The number of carbonyl (C=O) groups excluding carboxylic acids is 1. The van der Waals surface area contributed by atoms with Gasteiger partial charge in [-0.25, -0.2) is 0 Å². The molecule has 1 aliphatic heterocycles. The Morgan fingerprint density at radius 1 is 1.04 bits per heavy atom. The lowest BCUT2D eigenvalue weighted by Crippen LogP contribution is -2.32. The number of hydrogen-bond donors (Lipinski definition) is 1.